The third-order valence-electron chi connectivity index (χ3n) is 3.56. The number of carbonyl (C=O) groups is 1. The summed E-state index contributed by atoms with van der Waals surface area (Å²) >= 11 is 0. The topological polar surface area (TPSA) is 54.0 Å². The van der Waals surface area contributed by atoms with E-state index < -0.39 is 5.60 Å². The Kier molecular flexibility index (Phi) is 4.07. The highest BCUT2D eigenvalue weighted by Crippen LogP contribution is 2.27. The Morgan fingerprint density at radius 3 is 2.62 bits per heavy atom. The van der Waals surface area contributed by atoms with Gasteiger partial charge in [-0.1, -0.05) is 12.1 Å². The first kappa shape index (κ1) is 16.1. The zero-order valence-corrected chi connectivity index (χ0v) is 14.2. The molecule has 0 fully saturated rings. The van der Waals surface area contributed by atoms with E-state index >= 15 is 0 Å². The lowest BCUT2D eigenvalue weighted by Crippen LogP contribution is -2.34. The Morgan fingerprint density at radius 1 is 1.25 bits per heavy atom. The van der Waals surface area contributed by atoms with Crippen LogP contribution in [0.3, 0.4) is 0 Å². The largest absolute Gasteiger partial charge is 0.443 e. The first-order chi connectivity index (χ1) is 11.3. The average Bonchev–Trinajstić information content (AvgIpc) is 3.00. The number of allylic oxidation sites excluding steroid dienone is 3. The highest BCUT2D eigenvalue weighted by Gasteiger charge is 2.21. The van der Waals surface area contributed by atoms with E-state index in [4.69, 9.17) is 9.68 Å². The lowest BCUT2D eigenvalue weighted by atomic mass is 10.0. The molecule has 2 heterocycles. The maximum atomic E-state index is 12.1. The van der Waals surface area contributed by atoms with Crippen LogP contribution < -0.4 is 10.4 Å². The number of hydrogen-bond donors (Lipinski definition) is 1. The van der Waals surface area contributed by atoms with Crippen LogP contribution >= 0.6 is 0 Å². The molecular formula is C18H21N3O3. The van der Waals surface area contributed by atoms with Gasteiger partial charge >= 0.3 is 6.09 Å². The third-order valence-corrected chi connectivity index (χ3v) is 3.56. The summed E-state index contributed by atoms with van der Waals surface area (Å²) in [6.07, 6.45) is 7.25. The number of benzene rings is 1. The van der Waals surface area contributed by atoms with Gasteiger partial charge in [0, 0.05) is 18.9 Å². The van der Waals surface area contributed by atoms with E-state index in [-0.39, 0.29) is 6.09 Å². The van der Waals surface area contributed by atoms with Crippen molar-refractivity contribution < 1.29 is 14.5 Å². The van der Waals surface area contributed by atoms with Crippen molar-refractivity contribution in [3.05, 3.63) is 60.1 Å². The zero-order valence-electron chi connectivity index (χ0n) is 14.2. The number of hydroxylamine groups is 3. The summed E-state index contributed by atoms with van der Waals surface area (Å²) in [6, 6.07) is 7.76. The molecule has 1 N–H and O–H groups in total. The van der Waals surface area contributed by atoms with E-state index in [1.54, 1.807) is 18.3 Å². The van der Waals surface area contributed by atoms with Gasteiger partial charge in [-0.15, -0.1) is 0 Å². The molecule has 0 aromatic heterocycles. The fourth-order valence-corrected chi connectivity index (χ4v) is 2.33. The lowest BCUT2D eigenvalue weighted by molar-refractivity contribution is -0.112. The van der Waals surface area contributed by atoms with E-state index in [1.165, 1.54) is 4.90 Å². The van der Waals surface area contributed by atoms with Gasteiger partial charge in [0.2, 0.25) is 0 Å². The van der Waals surface area contributed by atoms with E-state index in [0.717, 1.165) is 22.5 Å². The molecule has 0 spiro atoms. The standard InChI is InChI=1S/C18H21N3O3/c1-18(2,3)23-17(22)20(4)15-7-5-13(6-8-15)14-9-10-21-16(11-14)12-19-24-21/h5-12,19H,1-4H3. The molecular weight excluding hydrogens is 306 g/mol. The van der Waals surface area contributed by atoms with Gasteiger partial charge in [-0.2, -0.15) is 4.94 Å². The molecule has 1 aromatic carbocycles. The van der Waals surface area contributed by atoms with Gasteiger partial charge < -0.3 is 4.74 Å². The molecule has 6 nitrogen and oxygen atoms in total. The van der Waals surface area contributed by atoms with Gasteiger partial charge in [-0.05, 0) is 56.2 Å². The van der Waals surface area contributed by atoms with Crippen molar-refractivity contribution in [2.24, 2.45) is 0 Å². The van der Waals surface area contributed by atoms with Gasteiger partial charge in [0.05, 0.1) is 11.9 Å². The van der Waals surface area contributed by atoms with Crippen molar-refractivity contribution in [2.45, 2.75) is 26.4 Å². The van der Waals surface area contributed by atoms with Crippen LogP contribution in [0.1, 0.15) is 26.3 Å². The van der Waals surface area contributed by atoms with Crippen molar-refractivity contribution in [3.8, 4) is 0 Å². The smallest absolute Gasteiger partial charge is 0.414 e. The van der Waals surface area contributed by atoms with E-state index in [2.05, 4.69) is 5.48 Å². The molecule has 0 unspecified atom stereocenters. The summed E-state index contributed by atoms with van der Waals surface area (Å²) in [5.74, 6) is 0. The number of fused-ring (bicyclic) bond motifs is 1. The summed E-state index contributed by atoms with van der Waals surface area (Å²) in [7, 11) is 1.70. The van der Waals surface area contributed by atoms with Crippen LogP contribution in [0.5, 0.6) is 0 Å². The van der Waals surface area contributed by atoms with Gasteiger partial charge in [0.1, 0.15) is 5.60 Å². The summed E-state index contributed by atoms with van der Waals surface area (Å²) in [6.45, 7) is 5.55. The summed E-state index contributed by atoms with van der Waals surface area (Å²) in [5.41, 5.74) is 6.02. The molecule has 0 radical (unpaired) electrons. The summed E-state index contributed by atoms with van der Waals surface area (Å²) < 4.78 is 5.38. The minimum Gasteiger partial charge on any atom is -0.443 e. The van der Waals surface area contributed by atoms with E-state index in [0.29, 0.717) is 0 Å². The van der Waals surface area contributed by atoms with Gasteiger partial charge in [-0.25, -0.2) is 15.3 Å². The fraction of sp³-hybridized carbons (Fsp3) is 0.278. The first-order valence-electron chi connectivity index (χ1n) is 7.72. The number of nitrogens with one attached hydrogen (secondary N) is 1. The molecule has 0 atom stereocenters. The molecule has 0 bridgehead atoms. The minimum absolute atomic E-state index is 0.373. The van der Waals surface area contributed by atoms with Crippen LogP contribution in [0.4, 0.5) is 10.5 Å². The Bertz CT molecular complexity index is 727. The van der Waals surface area contributed by atoms with E-state index in [9.17, 15) is 4.79 Å². The van der Waals surface area contributed by atoms with Crippen LogP contribution in [0.2, 0.25) is 0 Å². The molecule has 0 saturated carbocycles. The summed E-state index contributed by atoms with van der Waals surface area (Å²) in [4.78, 5) is 18.8. The molecule has 0 saturated heterocycles. The molecule has 2 aliphatic rings. The average molecular weight is 327 g/mol. The van der Waals surface area contributed by atoms with Gasteiger partial charge in [0.15, 0.2) is 0 Å². The fourth-order valence-electron chi connectivity index (χ4n) is 2.33. The number of ether oxygens (including phenoxy) is 1. The molecule has 1 amide bonds. The van der Waals surface area contributed by atoms with Crippen molar-refractivity contribution in [1.29, 1.82) is 0 Å². The Labute approximate surface area is 141 Å². The zero-order chi connectivity index (χ0) is 17.3. The predicted molar refractivity (Wildman–Crippen MR) is 92.3 cm³/mol. The summed E-state index contributed by atoms with van der Waals surface area (Å²) in [5, 5.41) is 1.65. The van der Waals surface area contributed by atoms with Crippen molar-refractivity contribution >= 4 is 17.4 Å². The van der Waals surface area contributed by atoms with Crippen LogP contribution in [-0.4, -0.2) is 23.8 Å². The number of nitrogens with zero attached hydrogens (tertiary/aromatic N) is 2. The molecule has 6 heteroatoms. The molecule has 1 aromatic rings. The third kappa shape index (κ3) is 3.44. The van der Waals surface area contributed by atoms with Gasteiger partial charge in [0.25, 0.3) is 0 Å². The second-order valence-electron chi connectivity index (χ2n) is 6.61. The van der Waals surface area contributed by atoms with Gasteiger partial charge in [-0.3, -0.25) is 4.90 Å². The lowest BCUT2D eigenvalue weighted by Gasteiger charge is -2.25. The number of hydrogen-bond acceptors (Lipinski definition) is 5. The molecule has 0 aliphatic carbocycles. The maximum absolute atomic E-state index is 12.1. The number of rotatable bonds is 2. The first-order valence-corrected chi connectivity index (χ1v) is 7.72. The number of anilines is 1. The quantitative estimate of drug-likeness (QED) is 0.900. The monoisotopic (exact) mass is 327 g/mol. The van der Waals surface area contributed by atoms with Crippen LogP contribution in [-0.2, 0) is 9.68 Å². The Hall–Kier alpha value is -2.73. The molecule has 2 aliphatic heterocycles. The number of amides is 1. The highest BCUT2D eigenvalue weighted by molar-refractivity contribution is 5.88. The maximum Gasteiger partial charge on any atom is 0.414 e. The van der Waals surface area contributed by atoms with Crippen LogP contribution in [0, 0.1) is 0 Å². The van der Waals surface area contributed by atoms with E-state index in [1.807, 2.05) is 63.4 Å². The molecule has 24 heavy (non-hydrogen) atoms. The van der Waals surface area contributed by atoms with Crippen molar-refractivity contribution in [1.82, 2.24) is 10.5 Å². The van der Waals surface area contributed by atoms with Crippen LogP contribution in [0.15, 0.2) is 54.5 Å². The van der Waals surface area contributed by atoms with Crippen molar-refractivity contribution in [2.75, 3.05) is 11.9 Å². The normalized spacial score (nSPS) is 16.1. The Balaban J connectivity index is 1.74. The molecule has 3 rings (SSSR count). The highest BCUT2D eigenvalue weighted by atomic mass is 16.8. The SMILES string of the molecule is CN(C(=O)OC(C)(C)C)c1ccc(C2=CC3=CNON3C=C2)cc1. The van der Waals surface area contributed by atoms with Crippen LogP contribution in [0.25, 0.3) is 5.57 Å². The molecule has 126 valence electrons. The number of carbonyl (C=O) groups excluding carboxylic acids is 1. The predicted octanol–water partition coefficient (Wildman–Crippen LogP) is 3.56. The Morgan fingerprint density at radius 2 is 1.96 bits per heavy atom. The second kappa shape index (κ2) is 6.05. The minimum atomic E-state index is -0.514. The van der Waals surface area contributed by atoms with Crippen molar-refractivity contribution in [3.63, 3.8) is 0 Å². The second-order valence-corrected chi connectivity index (χ2v) is 6.61.